The van der Waals surface area contributed by atoms with Gasteiger partial charge in [-0.15, -0.1) is 11.8 Å². The van der Waals surface area contributed by atoms with E-state index in [4.69, 9.17) is 0 Å². The van der Waals surface area contributed by atoms with E-state index in [1.165, 1.54) is 61.8 Å². The van der Waals surface area contributed by atoms with Crippen LogP contribution in [0.1, 0.15) is 63.4 Å². The van der Waals surface area contributed by atoms with Gasteiger partial charge in [0.05, 0.1) is 0 Å². The molecule has 5 rings (SSSR count). The zero-order valence-electron chi connectivity index (χ0n) is 16.6. The summed E-state index contributed by atoms with van der Waals surface area (Å²) < 4.78 is 0. The monoisotopic (exact) mass is 380 g/mol. The smallest absolute Gasteiger partial charge is 0.155 e. The Balaban J connectivity index is 1.38. The molecule has 1 aromatic carbocycles. The molecular formula is C25H32OS. The Hall–Kier alpha value is -1.02. The molecule has 0 aliphatic heterocycles. The Labute approximate surface area is 168 Å². The minimum absolute atomic E-state index is 0.388. The van der Waals surface area contributed by atoms with Gasteiger partial charge in [-0.05, 0) is 110 Å². The highest BCUT2D eigenvalue weighted by molar-refractivity contribution is 7.98. The maximum atomic E-state index is 11.9. The van der Waals surface area contributed by atoms with Gasteiger partial charge in [-0.1, -0.05) is 24.1 Å². The van der Waals surface area contributed by atoms with Gasteiger partial charge >= 0.3 is 0 Å². The molecule has 2 heteroatoms. The summed E-state index contributed by atoms with van der Waals surface area (Å²) >= 11 is 1.84. The lowest BCUT2D eigenvalue weighted by atomic mass is 9.51. The van der Waals surface area contributed by atoms with Crippen LogP contribution in [0.25, 0.3) is 0 Å². The number of hydrogen-bond donors (Lipinski definition) is 0. The fraction of sp³-hybridized carbons (Fsp3) is 0.640. The van der Waals surface area contributed by atoms with E-state index in [0.29, 0.717) is 11.2 Å². The number of ketones is 1. The molecule has 3 fully saturated rings. The van der Waals surface area contributed by atoms with Crippen molar-refractivity contribution in [3.63, 3.8) is 0 Å². The van der Waals surface area contributed by atoms with Crippen molar-refractivity contribution in [1.29, 1.82) is 0 Å². The van der Waals surface area contributed by atoms with E-state index in [1.54, 1.807) is 5.56 Å². The average molecular weight is 381 g/mol. The number of benzene rings is 1. The number of carbonyl (C=O) groups excluding carboxylic acids is 1. The van der Waals surface area contributed by atoms with Crippen molar-refractivity contribution in [2.24, 2.45) is 29.1 Å². The van der Waals surface area contributed by atoms with Crippen LogP contribution in [-0.4, -0.2) is 12.0 Å². The fourth-order valence-electron chi connectivity index (χ4n) is 7.43. The standard InChI is InChI=1S/C25H32OS/c1-27-20-8-4-17(5-9-20)16-25-13-2-3-24(25)23-10-6-18-15-19(26)7-11-21(18)22(23)12-14-25/h4-5,8-9,15,21-24H,2-3,6-7,10-14,16H2,1H3/t21-,22+,23+,24-,25-/m0/s1. The summed E-state index contributed by atoms with van der Waals surface area (Å²) in [6.07, 6.45) is 17.1. The molecular weight excluding hydrogens is 348 g/mol. The summed E-state index contributed by atoms with van der Waals surface area (Å²) in [5.41, 5.74) is 3.64. The van der Waals surface area contributed by atoms with Crippen molar-refractivity contribution in [2.75, 3.05) is 6.26 Å². The van der Waals surface area contributed by atoms with Gasteiger partial charge in [-0.2, -0.15) is 0 Å². The normalized spacial score (nSPS) is 38.0. The Morgan fingerprint density at radius 3 is 2.67 bits per heavy atom. The number of thioether (sulfide) groups is 1. The van der Waals surface area contributed by atoms with E-state index in [1.807, 2.05) is 17.8 Å². The van der Waals surface area contributed by atoms with Gasteiger partial charge in [0.1, 0.15) is 0 Å². The van der Waals surface area contributed by atoms with Crippen LogP contribution in [0.5, 0.6) is 0 Å². The largest absolute Gasteiger partial charge is 0.295 e. The molecule has 5 atom stereocenters. The van der Waals surface area contributed by atoms with Gasteiger partial charge in [0, 0.05) is 11.3 Å². The van der Waals surface area contributed by atoms with E-state index < -0.39 is 0 Å². The molecule has 27 heavy (non-hydrogen) atoms. The second-order valence-electron chi connectivity index (χ2n) is 9.62. The lowest BCUT2D eigenvalue weighted by Crippen LogP contribution is -2.46. The molecule has 4 aliphatic rings. The number of carbonyl (C=O) groups is 1. The highest BCUT2D eigenvalue weighted by atomic mass is 32.2. The Morgan fingerprint density at radius 2 is 1.85 bits per heavy atom. The van der Waals surface area contributed by atoms with Gasteiger partial charge in [-0.3, -0.25) is 4.79 Å². The lowest BCUT2D eigenvalue weighted by Gasteiger charge is -2.54. The Morgan fingerprint density at radius 1 is 1.00 bits per heavy atom. The van der Waals surface area contributed by atoms with Gasteiger partial charge < -0.3 is 0 Å². The van der Waals surface area contributed by atoms with Crippen LogP contribution in [0.15, 0.2) is 40.8 Å². The molecule has 0 N–H and O–H groups in total. The predicted octanol–water partition coefficient (Wildman–Crippen LogP) is 6.46. The van der Waals surface area contributed by atoms with Crippen LogP contribution in [0.3, 0.4) is 0 Å². The maximum absolute atomic E-state index is 11.9. The second kappa shape index (κ2) is 7.10. The van der Waals surface area contributed by atoms with Crippen molar-refractivity contribution >= 4 is 17.5 Å². The molecule has 0 radical (unpaired) electrons. The minimum atomic E-state index is 0.388. The minimum Gasteiger partial charge on any atom is -0.295 e. The second-order valence-corrected chi connectivity index (χ2v) is 10.5. The van der Waals surface area contributed by atoms with E-state index in [-0.39, 0.29) is 0 Å². The highest BCUT2D eigenvalue weighted by Gasteiger charge is 2.54. The van der Waals surface area contributed by atoms with Crippen LogP contribution in [0.4, 0.5) is 0 Å². The van der Waals surface area contributed by atoms with Crippen LogP contribution >= 0.6 is 11.8 Å². The van der Waals surface area contributed by atoms with Gasteiger partial charge in [0.2, 0.25) is 0 Å². The number of rotatable bonds is 3. The Bertz CT molecular complexity index is 748. The number of allylic oxidation sites excluding steroid dienone is 1. The van der Waals surface area contributed by atoms with E-state index in [2.05, 4.69) is 30.5 Å². The molecule has 0 saturated heterocycles. The highest BCUT2D eigenvalue weighted by Crippen LogP contribution is 2.62. The van der Waals surface area contributed by atoms with Crippen LogP contribution in [0.2, 0.25) is 0 Å². The third-order valence-electron chi connectivity index (χ3n) is 8.54. The van der Waals surface area contributed by atoms with Crippen molar-refractivity contribution < 1.29 is 4.79 Å². The quantitative estimate of drug-likeness (QED) is 0.560. The molecule has 0 heterocycles. The molecule has 0 amide bonds. The van der Waals surface area contributed by atoms with E-state index in [9.17, 15) is 4.79 Å². The molecule has 4 aliphatic carbocycles. The predicted molar refractivity (Wildman–Crippen MR) is 113 cm³/mol. The first-order valence-corrected chi connectivity index (χ1v) is 12.3. The van der Waals surface area contributed by atoms with E-state index >= 15 is 0 Å². The summed E-state index contributed by atoms with van der Waals surface area (Å²) in [6, 6.07) is 9.39. The van der Waals surface area contributed by atoms with Crippen LogP contribution in [-0.2, 0) is 11.2 Å². The van der Waals surface area contributed by atoms with Crippen molar-refractivity contribution in [1.82, 2.24) is 0 Å². The summed E-state index contributed by atoms with van der Waals surface area (Å²) in [4.78, 5) is 13.3. The SMILES string of the molecule is CSc1ccc(C[C@@]23CCC[C@H]2[C@@H]2CCC4=CC(=O)CC[C@@H]4[C@H]2CC3)cc1. The molecule has 0 spiro atoms. The number of fused-ring (bicyclic) bond motifs is 5. The van der Waals surface area contributed by atoms with Crippen molar-refractivity contribution in [3.8, 4) is 0 Å². The third kappa shape index (κ3) is 3.12. The van der Waals surface area contributed by atoms with Crippen molar-refractivity contribution in [2.45, 2.75) is 69.1 Å². The van der Waals surface area contributed by atoms with E-state index in [0.717, 1.165) is 36.5 Å². The van der Waals surface area contributed by atoms with Gasteiger partial charge in [0.25, 0.3) is 0 Å². The summed E-state index contributed by atoms with van der Waals surface area (Å²) in [5, 5.41) is 0. The summed E-state index contributed by atoms with van der Waals surface area (Å²) in [7, 11) is 0. The summed E-state index contributed by atoms with van der Waals surface area (Å²) in [6.45, 7) is 0. The first kappa shape index (κ1) is 18.0. The first-order valence-electron chi connectivity index (χ1n) is 11.0. The zero-order chi connectivity index (χ0) is 18.4. The topological polar surface area (TPSA) is 17.1 Å². The number of hydrogen-bond acceptors (Lipinski definition) is 2. The Kier molecular flexibility index (Phi) is 4.74. The first-order chi connectivity index (χ1) is 13.2. The average Bonchev–Trinajstić information content (AvgIpc) is 3.12. The fourth-order valence-corrected chi connectivity index (χ4v) is 7.84. The molecule has 1 nitrogen and oxygen atoms in total. The van der Waals surface area contributed by atoms with Gasteiger partial charge in [0.15, 0.2) is 5.78 Å². The third-order valence-corrected chi connectivity index (χ3v) is 9.29. The summed E-state index contributed by atoms with van der Waals surface area (Å²) in [5.74, 6) is 3.84. The van der Waals surface area contributed by atoms with Gasteiger partial charge in [-0.25, -0.2) is 0 Å². The molecule has 1 aromatic rings. The maximum Gasteiger partial charge on any atom is 0.155 e. The molecule has 0 unspecified atom stereocenters. The molecule has 0 bridgehead atoms. The molecule has 144 valence electrons. The van der Waals surface area contributed by atoms with Crippen molar-refractivity contribution in [3.05, 3.63) is 41.5 Å². The lowest BCUT2D eigenvalue weighted by molar-refractivity contribution is -0.116. The molecule has 0 aromatic heterocycles. The van der Waals surface area contributed by atoms with Crippen LogP contribution in [0, 0.1) is 29.1 Å². The van der Waals surface area contributed by atoms with Crippen LogP contribution < -0.4 is 0 Å². The zero-order valence-corrected chi connectivity index (χ0v) is 17.4. The molecule has 3 saturated carbocycles.